The second-order valence-corrected chi connectivity index (χ2v) is 11.3. The zero-order valence-electron chi connectivity index (χ0n) is 26.6. The molecule has 0 N–H and O–H groups in total. The third-order valence-corrected chi connectivity index (χ3v) is 8.08. The molecular weight excluding hydrogens is 560 g/mol. The van der Waals surface area contributed by atoms with Gasteiger partial charge in [0, 0.05) is 71.7 Å². The van der Waals surface area contributed by atoms with Crippen LogP contribution in [0.1, 0.15) is 33.8 Å². The highest BCUT2D eigenvalue weighted by Crippen LogP contribution is 2.35. The monoisotopic (exact) mass is 599 g/mol. The Morgan fingerprint density at radius 2 is 0.630 bits per heavy atom. The van der Waals surface area contributed by atoms with Crippen LogP contribution in [0.5, 0.6) is 0 Å². The molecule has 0 aliphatic carbocycles. The minimum absolute atomic E-state index is 1.10. The summed E-state index contributed by atoms with van der Waals surface area (Å²) in [5.41, 5.74) is 10.2. The predicted octanol–water partition coefficient (Wildman–Crippen LogP) is 8.14. The summed E-state index contributed by atoms with van der Waals surface area (Å²) >= 11 is 0. The summed E-state index contributed by atoms with van der Waals surface area (Å²) in [7, 11) is 6.18. The fraction of sp³-hybridized carbons (Fsp3) is 0.0714. The van der Waals surface area contributed by atoms with Gasteiger partial charge in [-0.15, -0.1) is 0 Å². The van der Waals surface area contributed by atoms with Crippen molar-refractivity contribution < 1.29 is 13.7 Å². The molecule has 0 amide bonds. The largest absolute Gasteiger partial charge is 0.311 e. The van der Waals surface area contributed by atoms with Gasteiger partial charge in [0.05, 0.1) is 0 Å². The lowest BCUT2D eigenvalue weighted by molar-refractivity contribution is -0.673. The number of hydrogen-bond acceptors (Lipinski definition) is 1. The van der Waals surface area contributed by atoms with E-state index in [9.17, 15) is 0 Å². The van der Waals surface area contributed by atoms with Gasteiger partial charge in [-0.05, 0) is 89.5 Å². The molecule has 224 valence electrons. The molecule has 6 rings (SSSR count). The van der Waals surface area contributed by atoms with Gasteiger partial charge in [-0.25, -0.2) is 13.7 Å². The van der Waals surface area contributed by atoms with Crippen molar-refractivity contribution >= 4 is 53.5 Å². The number of rotatable bonds is 9. The molecule has 3 heterocycles. The van der Waals surface area contributed by atoms with Crippen LogP contribution >= 0.6 is 0 Å². The molecule has 0 saturated heterocycles. The van der Waals surface area contributed by atoms with Crippen LogP contribution in [0.15, 0.2) is 146 Å². The highest BCUT2D eigenvalue weighted by Gasteiger charge is 2.13. The Labute approximate surface area is 272 Å². The van der Waals surface area contributed by atoms with Crippen molar-refractivity contribution in [1.29, 1.82) is 0 Å². The van der Waals surface area contributed by atoms with Crippen molar-refractivity contribution in [3.05, 3.63) is 180 Å². The fourth-order valence-electron chi connectivity index (χ4n) is 5.32. The molecule has 0 aliphatic rings. The van der Waals surface area contributed by atoms with E-state index in [0.717, 1.165) is 50.8 Å². The molecule has 0 spiro atoms. The van der Waals surface area contributed by atoms with Crippen LogP contribution in [0.2, 0.25) is 0 Å². The first-order valence-corrected chi connectivity index (χ1v) is 15.5. The van der Waals surface area contributed by atoms with E-state index in [2.05, 4.69) is 204 Å². The number of pyridine rings is 3. The first-order valence-electron chi connectivity index (χ1n) is 15.5. The van der Waals surface area contributed by atoms with Crippen molar-refractivity contribution in [2.24, 2.45) is 21.1 Å². The summed E-state index contributed by atoms with van der Waals surface area (Å²) in [6.45, 7) is 0. The highest BCUT2D eigenvalue weighted by molar-refractivity contribution is 5.80. The van der Waals surface area contributed by atoms with Gasteiger partial charge < -0.3 is 4.90 Å². The average molecular weight is 600 g/mol. The van der Waals surface area contributed by atoms with E-state index in [0.29, 0.717) is 0 Å². The summed E-state index contributed by atoms with van der Waals surface area (Å²) < 4.78 is 6.35. The smallest absolute Gasteiger partial charge is 0.204 e. The summed E-state index contributed by atoms with van der Waals surface area (Å²) in [4.78, 5) is 2.31. The Hall–Kier alpha value is -5.87. The first-order chi connectivity index (χ1) is 22.5. The summed E-state index contributed by atoms with van der Waals surface area (Å²) in [6, 6.07) is 44.9. The summed E-state index contributed by atoms with van der Waals surface area (Å²) in [6.07, 6.45) is 19.1. The fourth-order valence-corrected chi connectivity index (χ4v) is 5.32. The SMILES string of the molecule is C[n+]1ccccc1/C=C/c1ccc(N(c2ccc(/C=C/c3cccc[n+]3C)cc2)c2ccc(/C=C/c3cccc[n+]3C)cc2)cc1. The van der Waals surface area contributed by atoms with Crippen LogP contribution in [0, 0.1) is 0 Å². The molecule has 4 nitrogen and oxygen atoms in total. The normalized spacial score (nSPS) is 11.5. The molecule has 6 aromatic rings. The van der Waals surface area contributed by atoms with E-state index in [1.807, 2.05) is 18.2 Å². The third kappa shape index (κ3) is 7.43. The second kappa shape index (κ2) is 14.3. The number of benzene rings is 3. The van der Waals surface area contributed by atoms with Gasteiger partial charge in [-0.3, -0.25) is 0 Å². The van der Waals surface area contributed by atoms with Crippen molar-refractivity contribution in [3.63, 3.8) is 0 Å². The Morgan fingerprint density at radius 1 is 0.348 bits per heavy atom. The van der Waals surface area contributed by atoms with Crippen LogP contribution in [0.3, 0.4) is 0 Å². The molecule has 4 heteroatoms. The van der Waals surface area contributed by atoms with Gasteiger partial charge in [-0.2, -0.15) is 0 Å². The van der Waals surface area contributed by atoms with Gasteiger partial charge in [0.15, 0.2) is 18.6 Å². The zero-order valence-corrected chi connectivity index (χ0v) is 26.6. The number of anilines is 3. The minimum Gasteiger partial charge on any atom is -0.311 e. The Kier molecular flexibility index (Phi) is 9.36. The van der Waals surface area contributed by atoms with E-state index in [1.165, 1.54) is 0 Å². The molecule has 0 atom stereocenters. The van der Waals surface area contributed by atoms with Gasteiger partial charge in [0.2, 0.25) is 17.1 Å². The molecule has 0 saturated carbocycles. The second-order valence-electron chi connectivity index (χ2n) is 11.3. The quantitative estimate of drug-likeness (QED) is 0.153. The molecule has 0 aliphatic heterocycles. The van der Waals surface area contributed by atoms with Gasteiger partial charge in [0.25, 0.3) is 0 Å². The third-order valence-electron chi connectivity index (χ3n) is 8.08. The lowest BCUT2D eigenvalue weighted by atomic mass is 10.1. The van der Waals surface area contributed by atoms with Gasteiger partial charge in [-0.1, -0.05) is 36.4 Å². The van der Waals surface area contributed by atoms with Crippen molar-refractivity contribution in [2.45, 2.75) is 0 Å². The van der Waals surface area contributed by atoms with Crippen LogP contribution < -0.4 is 18.6 Å². The zero-order chi connectivity index (χ0) is 31.7. The van der Waals surface area contributed by atoms with E-state index >= 15 is 0 Å². The standard InChI is InChI=1S/C42H39N4/c1-43-31-7-4-10-37(43)22-13-34-16-25-40(26-17-34)46(41-27-18-35(19-28-41)14-23-38-11-5-8-32-44(38)2)42-29-20-36(21-30-42)15-24-39-12-6-9-33-45(39)3/h4-33H,1-3H3/q+3. The Bertz CT molecular complexity index is 1770. The molecule has 0 bridgehead atoms. The molecule has 46 heavy (non-hydrogen) atoms. The lowest BCUT2D eigenvalue weighted by Crippen LogP contribution is -2.30. The first kappa shape index (κ1) is 30.2. The predicted molar refractivity (Wildman–Crippen MR) is 191 cm³/mol. The van der Waals surface area contributed by atoms with Crippen molar-refractivity contribution in [1.82, 2.24) is 0 Å². The van der Waals surface area contributed by atoms with Crippen LogP contribution in [-0.2, 0) is 21.1 Å². The van der Waals surface area contributed by atoms with E-state index in [4.69, 9.17) is 0 Å². The molecule has 0 fully saturated rings. The van der Waals surface area contributed by atoms with E-state index < -0.39 is 0 Å². The summed E-state index contributed by atoms with van der Waals surface area (Å²) in [5, 5.41) is 0. The molecule has 0 unspecified atom stereocenters. The number of nitrogens with zero attached hydrogens (tertiary/aromatic N) is 4. The highest BCUT2D eigenvalue weighted by atomic mass is 15.1. The maximum atomic E-state index is 2.31. The van der Waals surface area contributed by atoms with E-state index in [1.54, 1.807) is 0 Å². The van der Waals surface area contributed by atoms with Crippen molar-refractivity contribution in [2.75, 3.05) is 4.90 Å². The number of hydrogen-bond donors (Lipinski definition) is 0. The van der Waals surface area contributed by atoms with Gasteiger partial charge >= 0.3 is 0 Å². The molecule has 3 aromatic heterocycles. The lowest BCUT2D eigenvalue weighted by Gasteiger charge is -2.26. The molecule has 3 aromatic carbocycles. The molecule has 0 radical (unpaired) electrons. The topological polar surface area (TPSA) is 14.9 Å². The van der Waals surface area contributed by atoms with Crippen LogP contribution in [0.4, 0.5) is 17.1 Å². The Morgan fingerprint density at radius 3 is 0.891 bits per heavy atom. The Balaban J connectivity index is 1.29. The maximum absolute atomic E-state index is 2.31. The van der Waals surface area contributed by atoms with Crippen molar-refractivity contribution in [3.8, 4) is 0 Å². The molecular formula is C42H39N4+3. The van der Waals surface area contributed by atoms with E-state index in [-0.39, 0.29) is 0 Å². The minimum atomic E-state index is 1.10. The van der Waals surface area contributed by atoms with Gasteiger partial charge in [0.1, 0.15) is 21.1 Å². The number of aromatic nitrogens is 3. The van der Waals surface area contributed by atoms with Crippen LogP contribution in [0.25, 0.3) is 36.5 Å². The van der Waals surface area contributed by atoms with Crippen LogP contribution in [-0.4, -0.2) is 0 Å². The maximum Gasteiger partial charge on any atom is 0.204 e. The average Bonchev–Trinajstić information content (AvgIpc) is 3.09. The number of aryl methyl sites for hydroxylation is 3. The summed E-state index contributed by atoms with van der Waals surface area (Å²) in [5.74, 6) is 0.